The van der Waals surface area contributed by atoms with Crippen molar-refractivity contribution in [2.75, 3.05) is 13.6 Å². The molecule has 0 heterocycles. The number of phenols is 1. The standard InChI is InChI=1S/C19H24FN3O/c1-13-4-7-16(8-5-13)14(2)11-22-19(21-3)23-12-15-6-9-18(24)17(20)10-15/h4-10,14,24H,11-12H2,1-3H3,(H2,21,22,23). The van der Waals surface area contributed by atoms with Crippen LogP contribution in [0.4, 0.5) is 4.39 Å². The van der Waals surface area contributed by atoms with Crippen LogP contribution in [-0.2, 0) is 6.54 Å². The maximum absolute atomic E-state index is 13.3. The molecule has 2 aromatic carbocycles. The van der Waals surface area contributed by atoms with Gasteiger partial charge in [0.25, 0.3) is 0 Å². The molecule has 0 bridgehead atoms. The summed E-state index contributed by atoms with van der Waals surface area (Å²) < 4.78 is 13.3. The average Bonchev–Trinajstić information content (AvgIpc) is 2.58. The van der Waals surface area contributed by atoms with E-state index in [1.165, 1.54) is 23.3 Å². The number of aliphatic imine (C=N–C) groups is 1. The zero-order chi connectivity index (χ0) is 17.5. The van der Waals surface area contributed by atoms with Crippen molar-refractivity contribution < 1.29 is 9.50 Å². The molecule has 0 fully saturated rings. The molecule has 0 saturated heterocycles. The lowest BCUT2D eigenvalue weighted by atomic mass is 10.0. The third-order valence-corrected chi connectivity index (χ3v) is 3.92. The van der Waals surface area contributed by atoms with Gasteiger partial charge in [0.2, 0.25) is 0 Å². The van der Waals surface area contributed by atoms with Crippen molar-refractivity contribution in [2.45, 2.75) is 26.3 Å². The number of nitrogens with zero attached hydrogens (tertiary/aromatic N) is 1. The number of phenolic OH excluding ortho intramolecular Hbond substituents is 1. The molecule has 0 aromatic heterocycles. The molecule has 24 heavy (non-hydrogen) atoms. The lowest BCUT2D eigenvalue weighted by molar-refractivity contribution is 0.431. The van der Waals surface area contributed by atoms with Gasteiger partial charge in [-0.3, -0.25) is 4.99 Å². The summed E-state index contributed by atoms with van der Waals surface area (Å²) in [7, 11) is 1.70. The van der Waals surface area contributed by atoms with Crippen LogP contribution in [-0.4, -0.2) is 24.7 Å². The first-order valence-corrected chi connectivity index (χ1v) is 7.98. The third-order valence-electron chi connectivity index (χ3n) is 3.92. The molecule has 0 saturated carbocycles. The van der Waals surface area contributed by atoms with Gasteiger partial charge in [0.1, 0.15) is 0 Å². The monoisotopic (exact) mass is 329 g/mol. The molecule has 0 amide bonds. The van der Waals surface area contributed by atoms with E-state index in [2.05, 4.69) is 53.7 Å². The van der Waals surface area contributed by atoms with Gasteiger partial charge in [0, 0.05) is 20.1 Å². The van der Waals surface area contributed by atoms with E-state index in [4.69, 9.17) is 0 Å². The number of nitrogens with one attached hydrogen (secondary N) is 2. The largest absolute Gasteiger partial charge is 0.505 e. The fourth-order valence-corrected chi connectivity index (χ4v) is 2.33. The first kappa shape index (κ1) is 17.8. The maximum atomic E-state index is 13.3. The Hall–Kier alpha value is -2.56. The molecule has 0 radical (unpaired) electrons. The van der Waals surface area contributed by atoms with Gasteiger partial charge >= 0.3 is 0 Å². The van der Waals surface area contributed by atoms with Crippen LogP contribution in [0.5, 0.6) is 5.75 Å². The van der Waals surface area contributed by atoms with Crippen molar-refractivity contribution in [1.29, 1.82) is 0 Å². The van der Waals surface area contributed by atoms with E-state index < -0.39 is 5.82 Å². The van der Waals surface area contributed by atoms with Crippen LogP contribution >= 0.6 is 0 Å². The fraction of sp³-hybridized carbons (Fsp3) is 0.316. The van der Waals surface area contributed by atoms with Crippen molar-refractivity contribution >= 4 is 5.96 Å². The first-order chi connectivity index (χ1) is 11.5. The highest BCUT2D eigenvalue weighted by molar-refractivity contribution is 5.79. The van der Waals surface area contributed by atoms with E-state index in [9.17, 15) is 9.50 Å². The minimum atomic E-state index is -0.620. The van der Waals surface area contributed by atoms with Crippen molar-refractivity contribution in [3.63, 3.8) is 0 Å². The van der Waals surface area contributed by atoms with Crippen LogP contribution in [0.1, 0.15) is 29.5 Å². The number of aryl methyl sites for hydroxylation is 1. The molecule has 2 aromatic rings. The predicted octanol–water partition coefficient (Wildman–Crippen LogP) is 3.31. The quantitative estimate of drug-likeness (QED) is 0.583. The molecule has 0 aliphatic carbocycles. The van der Waals surface area contributed by atoms with E-state index in [0.29, 0.717) is 18.4 Å². The van der Waals surface area contributed by atoms with Crippen LogP contribution in [0.3, 0.4) is 0 Å². The highest BCUT2D eigenvalue weighted by atomic mass is 19.1. The number of halogens is 1. The van der Waals surface area contributed by atoms with E-state index in [0.717, 1.165) is 12.1 Å². The SMILES string of the molecule is CN=C(NCc1ccc(O)c(F)c1)NCC(C)c1ccc(C)cc1. The van der Waals surface area contributed by atoms with Crippen molar-refractivity contribution in [2.24, 2.45) is 4.99 Å². The number of guanidine groups is 1. The number of hydrogen-bond donors (Lipinski definition) is 3. The van der Waals surface area contributed by atoms with E-state index in [-0.39, 0.29) is 5.75 Å². The summed E-state index contributed by atoms with van der Waals surface area (Å²) in [5.41, 5.74) is 3.25. The van der Waals surface area contributed by atoms with E-state index in [1.807, 2.05) is 0 Å². The summed E-state index contributed by atoms with van der Waals surface area (Å²) in [4.78, 5) is 4.17. The van der Waals surface area contributed by atoms with Crippen LogP contribution < -0.4 is 10.6 Å². The Morgan fingerprint density at radius 1 is 1.17 bits per heavy atom. The molecular weight excluding hydrogens is 305 g/mol. The number of rotatable bonds is 5. The molecular formula is C19H24FN3O. The Morgan fingerprint density at radius 2 is 1.88 bits per heavy atom. The minimum absolute atomic E-state index is 0.340. The normalized spacial score (nSPS) is 12.8. The van der Waals surface area contributed by atoms with Crippen molar-refractivity contribution in [1.82, 2.24) is 10.6 Å². The Bertz CT molecular complexity index is 698. The number of aromatic hydroxyl groups is 1. The summed E-state index contributed by atoms with van der Waals surface area (Å²) in [6.07, 6.45) is 0. The fourth-order valence-electron chi connectivity index (χ4n) is 2.33. The van der Waals surface area contributed by atoms with Crippen LogP contribution in [0.2, 0.25) is 0 Å². The Labute approximate surface area is 142 Å². The molecule has 1 unspecified atom stereocenters. The molecule has 1 atom stereocenters. The highest BCUT2D eigenvalue weighted by Gasteiger charge is 2.07. The summed E-state index contributed by atoms with van der Waals surface area (Å²) >= 11 is 0. The Balaban J connectivity index is 1.85. The molecule has 0 spiro atoms. The second kappa shape index (κ2) is 8.34. The number of hydrogen-bond acceptors (Lipinski definition) is 2. The van der Waals surface area contributed by atoms with Gasteiger partial charge in [-0.25, -0.2) is 4.39 Å². The van der Waals surface area contributed by atoms with Gasteiger partial charge in [-0.15, -0.1) is 0 Å². The molecule has 4 nitrogen and oxygen atoms in total. The average molecular weight is 329 g/mol. The molecule has 3 N–H and O–H groups in total. The summed E-state index contributed by atoms with van der Waals surface area (Å²) in [6, 6.07) is 12.8. The Morgan fingerprint density at radius 3 is 2.50 bits per heavy atom. The van der Waals surface area contributed by atoms with Gasteiger partial charge in [0.15, 0.2) is 17.5 Å². The molecule has 0 aliphatic heterocycles. The van der Waals surface area contributed by atoms with E-state index >= 15 is 0 Å². The molecule has 5 heteroatoms. The number of benzene rings is 2. The van der Waals surface area contributed by atoms with Crippen LogP contribution in [0, 0.1) is 12.7 Å². The summed E-state index contributed by atoms with van der Waals surface area (Å²) in [6.45, 7) is 5.40. The smallest absolute Gasteiger partial charge is 0.191 e. The van der Waals surface area contributed by atoms with Gasteiger partial charge in [-0.2, -0.15) is 0 Å². The molecule has 2 rings (SSSR count). The van der Waals surface area contributed by atoms with Crippen molar-refractivity contribution in [3.05, 3.63) is 65.0 Å². The highest BCUT2D eigenvalue weighted by Crippen LogP contribution is 2.16. The van der Waals surface area contributed by atoms with Crippen LogP contribution in [0.25, 0.3) is 0 Å². The van der Waals surface area contributed by atoms with E-state index in [1.54, 1.807) is 13.1 Å². The Kier molecular flexibility index (Phi) is 6.18. The second-order valence-corrected chi connectivity index (χ2v) is 5.90. The topological polar surface area (TPSA) is 56.7 Å². The van der Waals surface area contributed by atoms with Crippen molar-refractivity contribution in [3.8, 4) is 5.75 Å². The van der Waals surface area contributed by atoms with Gasteiger partial charge < -0.3 is 15.7 Å². The van der Waals surface area contributed by atoms with Gasteiger partial charge in [-0.1, -0.05) is 42.8 Å². The van der Waals surface area contributed by atoms with Gasteiger partial charge in [0.05, 0.1) is 0 Å². The summed E-state index contributed by atoms with van der Waals surface area (Å²) in [5, 5.41) is 15.6. The predicted molar refractivity (Wildman–Crippen MR) is 95.9 cm³/mol. The zero-order valence-corrected chi connectivity index (χ0v) is 14.3. The lowest BCUT2D eigenvalue weighted by Gasteiger charge is -2.16. The molecule has 128 valence electrons. The third kappa shape index (κ3) is 4.98. The van der Waals surface area contributed by atoms with Gasteiger partial charge in [-0.05, 0) is 36.1 Å². The first-order valence-electron chi connectivity index (χ1n) is 7.98. The van der Waals surface area contributed by atoms with Crippen LogP contribution in [0.15, 0.2) is 47.5 Å². The molecule has 0 aliphatic rings. The lowest BCUT2D eigenvalue weighted by Crippen LogP contribution is -2.38. The second-order valence-electron chi connectivity index (χ2n) is 5.90. The minimum Gasteiger partial charge on any atom is -0.505 e. The maximum Gasteiger partial charge on any atom is 0.191 e. The zero-order valence-electron chi connectivity index (χ0n) is 14.3. The summed E-state index contributed by atoms with van der Waals surface area (Å²) in [5.74, 6) is 0.0381.